The molecule has 0 radical (unpaired) electrons. The summed E-state index contributed by atoms with van der Waals surface area (Å²) in [6.07, 6.45) is 5.03. The first-order valence-corrected chi connectivity index (χ1v) is 7.87. The quantitative estimate of drug-likeness (QED) is 0.858. The lowest BCUT2D eigenvalue weighted by molar-refractivity contribution is 0.135. The van der Waals surface area contributed by atoms with Crippen LogP contribution in [0.2, 0.25) is 5.02 Å². The highest BCUT2D eigenvalue weighted by atomic mass is 35.5. The van der Waals surface area contributed by atoms with Crippen LogP contribution in [0, 0.1) is 4.77 Å². The topological polar surface area (TPSA) is 24.0 Å². The molecular weight excluding hydrogens is 290 g/mol. The maximum atomic E-state index is 6.39. The molecule has 1 fully saturated rings. The zero-order valence-electron chi connectivity index (χ0n) is 11.9. The third kappa shape index (κ3) is 2.20. The number of halogens is 1. The Morgan fingerprint density at radius 3 is 2.70 bits per heavy atom. The molecule has 0 aliphatic heterocycles. The number of rotatable bonds is 3. The third-order valence-corrected chi connectivity index (χ3v) is 5.31. The maximum Gasteiger partial charge on any atom is 0.178 e. The lowest BCUT2D eigenvalue weighted by Gasteiger charge is -2.36. The first-order valence-electron chi connectivity index (χ1n) is 7.08. The second kappa shape index (κ2) is 5.17. The largest absolute Gasteiger partial charge is 0.331 e. The number of imidazole rings is 1. The van der Waals surface area contributed by atoms with Gasteiger partial charge in [0.15, 0.2) is 4.77 Å². The molecule has 1 aliphatic rings. The van der Waals surface area contributed by atoms with Crippen molar-refractivity contribution in [2.45, 2.75) is 37.8 Å². The number of aromatic nitrogens is 2. The Balaban J connectivity index is 2.11. The molecule has 0 spiro atoms. The van der Waals surface area contributed by atoms with Crippen LogP contribution in [-0.4, -0.2) is 34.1 Å². The van der Waals surface area contributed by atoms with Crippen LogP contribution in [0.1, 0.15) is 25.7 Å². The molecule has 3 rings (SSSR count). The fraction of sp³-hybridized carbons (Fsp3) is 0.533. The molecule has 2 aromatic rings. The lowest BCUT2D eigenvalue weighted by atomic mass is 9.96. The van der Waals surface area contributed by atoms with E-state index in [-0.39, 0.29) is 5.54 Å². The van der Waals surface area contributed by atoms with Gasteiger partial charge in [0.05, 0.1) is 16.1 Å². The Kier molecular flexibility index (Phi) is 3.65. The number of benzene rings is 1. The molecule has 1 N–H and O–H groups in total. The fourth-order valence-corrected chi connectivity index (χ4v) is 3.94. The molecule has 1 aliphatic carbocycles. The van der Waals surface area contributed by atoms with Gasteiger partial charge in [0.1, 0.15) is 0 Å². The van der Waals surface area contributed by atoms with E-state index in [0.29, 0.717) is 0 Å². The average Bonchev–Trinajstić information content (AvgIpc) is 2.97. The third-order valence-electron chi connectivity index (χ3n) is 4.68. The molecule has 0 atom stereocenters. The summed E-state index contributed by atoms with van der Waals surface area (Å²) < 4.78 is 2.94. The minimum Gasteiger partial charge on any atom is -0.331 e. The van der Waals surface area contributed by atoms with Gasteiger partial charge in [0.25, 0.3) is 0 Å². The zero-order chi connectivity index (χ0) is 14.3. The minimum absolute atomic E-state index is 0.201. The van der Waals surface area contributed by atoms with Gasteiger partial charge in [-0.2, -0.15) is 0 Å². The Morgan fingerprint density at radius 2 is 2.05 bits per heavy atom. The van der Waals surface area contributed by atoms with Crippen LogP contribution < -0.4 is 0 Å². The summed E-state index contributed by atoms with van der Waals surface area (Å²) in [6.45, 7) is 0.905. The summed E-state index contributed by atoms with van der Waals surface area (Å²) in [6, 6.07) is 5.92. The summed E-state index contributed by atoms with van der Waals surface area (Å²) in [4.78, 5) is 5.63. The van der Waals surface area contributed by atoms with Gasteiger partial charge in [-0.25, -0.2) is 0 Å². The first-order chi connectivity index (χ1) is 9.53. The minimum atomic E-state index is 0.201. The van der Waals surface area contributed by atoms with E-state index in [9.17, 15) is 0 Å². The highest BCUT2D eigenvalue weighted by Gasteiger charge is 2.36. The van der Waals surface area contributed by atoms with Crippen LogP contribution >= 0.6 is 23.8 Å². The van der Waals surface area contributed by atoms with Crippen LogP contribution in [0.4, 0.5) is 0 Å². The number of fused-ring (bicyclic) bond motifs is 1. The Labute approximate surface area is 129 Å². The van der Waals surface area contributed by atoms with E-state index in [2.05, 4.69) is 28.5 Å². The molecule has 0 saturated heterocycles. The number of H-pyrrole nitrogens is 1. The van der Waals surface area contributed by atoms with Crippen molar-refractivity contribution in [2.24, 2.45) is 0 Å². The standard InChI is InChI=1S/C15H20ClN3S/c1-18(2)15(8-3-4-9-15)10-19-13-11(16)6-5-7-12(13)17-14(19)20/h5-7H,3-4,8-10H2,1-2H3,(H,17,20). The Hall–Kier alpha value is -0.840. The summed E-state index contributed by atoms with van der Waals surface area (Å²) in [5, 5.41) is 0.766. The van der Waals surface area contributed by atoms with Gasteiger partial charge < -0.3 is 14.5 Å². The van der Waals surface area contributed by atoms with Crippen molar-refractivity contribution >= 4 is 34.9 Å². The van der Waals surface area contributed by atoms with Crippen molar-refractivity contribution in [1.29, 1.82) is 0 Å². The molecule has 0 bridgehead atoms. The number of aromatic amines is 1. The van der Waals surface area contributed by atoms with Gasteiger partial charge in [-0.15, -0.1) is 0 Å². The van der Waals surface area contributed by atoms with Crippen molar-refractivity contribution in [3.05, 3.63) is 28.0 Å². The number of hydrogen-bond acceptors (Lipinski definition) is 2. The van der Waals surface area contributed by atoms with Gasteiger partial charge >= 0.3 is 0 Å². The molecule has 1 aromatic heterocycles. The highest BCUT2D eigenvalue weighted by molar-refractivity contribution is 7.71. The van der Waals surface area contributed by atoms with Gasteiger partial charge in [0, 0.05) is 12.1 Å². The summed E-state index contributed by atoms with van der Waals surface area (Å²) >= 11 is 11.9. The Morgan fingerprint density at radius 1 is 1.35 bits per heavy atom. The molecule has 3 nitrogen and oxygen atoms in total. The van der Waals surface area contributed by atoms with Gasteiger partial charge in [-0.1, -0.05) is 30.5 Å². The van der Waals surface area contributed by atoms with E-state index in [4.69, 9.17) is 23.8 Å². The number of nitrogens with zero attached hydrogens (tertiary/aromatic N) is 2. The molecule has 20 heavy (non-hydrogen) atoms. The molecule has 5 heteroatoms. The average molecular weight is 310 g/mol. The second-order valence-electron chi connectivity index (χ2n) is 5.98. The predicted molar refractivity (Wildman–Crippen MR) is 87.0 cm³/mol. The SMILES string of the molecule is CN(C)C1(Cn2c(=S)[nH]c3cccc(Cl)c32)CCCC1. The van der Waals surface area contributed by atoms with Crippen LogP contribution in [0.25, 0.3) is 11.0 Å². The summed E-state index contributed by atoms with van der Waals surface area (Å²) in [5.41, 5.74) is 2.26. The number of hydrogen-bond donors (Lipinski definition) is 1. The number of para-hydroxylation sites is 1. The second-order valence-corrected chi connectivity index (χ2v) is 6.77. The molecule has 1 aromatic carbocycles. The fourth-order valence-electron chi connectivity index (χ4n) is 3.40. The Bertz CT molecular complexity index is 680. The number of nitrogens with one attached hydrogen (secondary N) is 1. The van der Waals surface area contributed by atoms with Gasteiger partial charge in [-0.3, -0.25) is 0 Å². The van der Waals surface area contributed by atoms with Crippen molar-refractivity contribution in [2.75, 3.05) is 14.1 Å². The van der Waals surface area contributed by atoms with Crippen LogP contribution in [0.5, 0.6) is 0 Å². The van der Waals surface area contributed by atoms with Crippen LogP contribution in [0.3, 0.4) is 0 Å². The maximum absolute atomic E-state index is 6.39. The first kappa shape index (κ1) is 14.1. The normalized spacial score (nSPS) is 18.2. The molecule has 0 amide bonds. The molecule has 1 saturated carbocycles. The van der Waals surface area contributed by atoms with Crippen LogP contribution in [0.15, 0.2) is 18.2 Å². The molecule has 108 valence electrons. The molecule has 0 unspecified atom stereocenters. The van der Waals surface area contributed by atoms with E-state index < -0.39 is 0 Å². The predicted octanol–water partition coefficient (Wildman–Crippen LogP) is 4.23. The van der Waals surface area contributed by atoms with Crippen molar-refractivity contribution in [1.82, 2.24) is 14.5 Å². The van der Waals surface area contributed by atoms with E-state index in [1.54, 1.807) is 0 Å². The van der Waals surface area contributed by atoms with Crippen molar-refractivity contribution in [3.63, 3.8) is 0 Å². The van der Waals surface area contributed by atoms with Crippen molar-refractivity contribution in [3.8, 4) is 0 Å². The monoisotopic (exact) mass is 309 g/mol. The summed E-state index contributed by atoms with van der Waals surface area (Å²) in [7, 11) is 4.34. The van der Waals surface area contributed by atoms with E-state index in [1.807, 2.05) is 18.2 Å². The van der Waals surface area contributed by atoms with Gasteiger partial charge in [0.2, 0.25) is 0 Å². The zero-order valence-corrected chi connectivity index (χ0v) is 13.5. The van der Waals surface area contributed by atoms with Crippen LogP contribution in [-0.2, 0) is 6.54 Å². The number of likely N-dealkylation sites (N-methyl/N-ethyl adjacent to an activating group) is 1. The van der Waals surface area contributed by atoms with Gasteiger partial charge in [-0.05, 0) is 51.3 Å². The van der Waals surface area contributed by atoms with Crippen molar-refractivity contribution < 1.29 is 0 Å². The lowest BCUT2D eigenvalue weighted by Crippen LogP contribution is -2.45. The smallest absolute Gasteiger partial charge is 0.178 e. The van der Waals surface area contributed by atoms with E-state index in [0.717, 1.165) is 27.4 Å². The van der Waals surface area contributed by atoms with E-state index >= 15 is 0 Å². The molecular formula is C15H20ClN3S. The molecule has 1 heterocycles. The van der Waals surface area contributed by atoms with E-state index in [1.165, 1.54) is 25.7 Å². The highest BCUT2D eigenvalue weighted by Crippen LogP contribution is 2.36. The summed E-state index contributed by atoms with van der Waals surface area (Å²) in [5.74, 6) is 0.